The van der Waals surface area contributed by atoms with Crippen LogP contribution in [0.15, 0.2) is 18.2 Å². The van der Waals surface area contributed by atoms with Crippen LogP contribution in [0.5, 0.6) is 11.5 Å². The monoisotopic (exact) mass is 386 g/mol. The molecule has 3 rings (SSSR count). The number of ether oxygens (including phenoxy) is 2. The Morgan fingerprint density at radius 1 is 1.22 bits per heavy atom. The van der Waals surface area contributed by atoms with Crippen molar-refractivity contribution in [1.82, 2.24) is 10.2 Å². The number of carbonyl (C=O) groups is 1. The summed E-state index contributed by atoms with van der Waals surface area (Å²) in [4.78, 5) is 14.2. The lowest BCUT2D eigenvalue weighted by Gasteiger charge is -2.41. The number of halogens is 3. The number of alkyl halides is 3. The van der Waals surface area contributed by atoms with Crippen LogP contribution in [-0.4, -0.2) is 36.5 Å². The van der Waals surface area contributed by atoms with E-state index in [4.69, 9.17) is 9.47 Å². The normalized spacial score (nSPS) is 24.6. The van der Waals surface area contributed by atoms with Crippen molar-refractivity contribution in [1.29, 1.82) is 0 Å². The maximum absolute atomic E-state index is 12.6. The number of urea groups is 1. The Balaban J connectivity index is 1.79. The summed E-state index contributed by atoms with van der Waals surface area (Å²) >= 11 is 0. The molecule has 1 aliphatic carbocycles. The zero-order chi connectivity index (χ0) is 19.6. The van der Waals surface area contributed by atoms with E-state index < -0.39 is 18.8 Å². The molecule has 8 heteroatoms. The largest absolute Gasteiger partial charge is 0.454 e. The van der Waals surface area contributed by atoms with Crippen LogP contribution >= 0.6 is 0 Å². The minimum Gasteiger partial charge on any atom is -0.454 e. The van der Waals surface area contributed by atoms with E-state index >= 15 is 0 Å². The van der Waals surface area contributed by atoms with E-state index in [2.05, 4.69) is 13.8 Å². The van der Waals surface area contributed by atoms with Gasteiger partial charge in [0.25, 0.3) is 0 Å². The standard InChI is InChI=1S/C19H25F3N2O3/c1-12-4-3-5-15(13(12)2)24(18(25)23-10-19(20,21)22)9-14-6-7-16-17(8-14)27-11-26-16/h6-8,12-13,15H,3-5,9-11H2,1-2H3,(H,23,25)/t12-,13+,15+/m1/s1. The minimum absolute atomic E-state index is 0.104. The number of nitrogens with one attached hydrogen (secondary N) is 1. The van der Waals surface area contributed by atoms with Crippen molar-refractivity contribution in [2.24, 2.45) is 11.8 Å². The van der Waals surface area contributed by atoms with Crippen molar-refractivity contribution < 1.29 is 27.4 Å². The highest BCUT2D eigenvalue weighted by Crippen LogP contribution is 2.36. The molecule has 1 heterocycles. The van der Waals surface area contributed by atoms with E-state index in [1.54, 1.807) is 17.0 Å². The van der Waals surface area contributed by atoms with Gasteiger partial charge in [-0.1, -0.05) is 32.8 Å². The Bertz CT molecular complexity index is 681. The summed E-state index contributed by atoms with van der Waals surface area (Å²) in [5, 5.41) is 2.03. The predicted molar refractivity (Wildman–Crippen MR) is 93.5 cm³/mol. The molecule has 1 aliphatic heterocycles. The van der Waals surface area contributed by atoms with Crippen LogP contribution < -0.4 is 14.8 Å². The molecule has 27 heavy (non-hydrogen) atoms. The minimum atomic E-state index is -4.44. The summed E-state index contributed by atoms with van der Waals surface area (Å²) in [5.74, 6) is 1.85. The Morgan fingerprint density at radius 3 is 2.70 bits per heavy atom. The quantitative estimate of drug-likeness (QED) is 0.839. The maximum atomic E-state index is 12.6. The first-order valence-electron chi connectivity index (χ1n) is 9.24. The average molecular weight is 386 g/mol. The highest BCUT2D eigenvalue weighted by molar-refractivity contribution is 5.74. The molecule has 5 nitrogen and oxygen atoms in total. The SMILES string of the molecule is C[C@H]1[C@H](C)CCC[C@@H]1N(Cc1ccc2c(c1)OCO2)C(=O)NCC(F)(F)F. The van der Waals surface area contributed by atoms with Gasteiger partial charge in [-0.05, 0) is 36.0 Å². The zero-order valence-corrected chi connectivity index (χ0v) is 15.5. The van der Waals surface area contributed by atoms with Gasteiger partial charge in [-0.25, -0.2) is 4.79 Å². The number of amides is 2. The first kappa shape index (κ1) is 19.6. The van der Waals surface area contributed by atoms with Crippen molar-refractivity contribution in [3.8, 4) is 11.5 Å². The summed E-state index contributed by atoms with van der Waals surface area (Å²) in [6.45, 7) is 3.23. The van der Waals surface area contributed by atoms with Crippen LogP contribution in [0.1, 0.15) is 38.7 Å². The molecule has 0 unspecified atom stereocenters. The van der Waals surface area contributed by atoms with E-state index in [0.717, 1.165) is 24.8 Å². The molecule has 0 bridgehead atoms. The lowest BCUT2D eigenvalue weighted by Crippen LogP contribution is -2.52. The number of carbonyl (C=O) groups excluding carboxylic acids is 1. The molecule has 150 valence electrons. The summed E-state index contributed by atoms with van der Waals surface area (Å²) in [6, 6.07) is 4.57. The van der Waals surface area contributed by atoms with E-state index in [1.807, 2.05) is 11.4 Å². The van der Waals surface area contributed by atoms with Gasteiger partial charge in [0.15, 0.2) is 11.5 Å². The molecular weight excluding hydrogens is 361 g/mol. The fourth-order valence-corrected chi connectivity index (χ4v) is 3.85. The van der Waals surface area contributed by atoms with Crippen molar-refractivity contribution in [3.63, 3.8) is 0 Å². The second-order valence-corrected chi connectivity index (χ2v) is 7.42. The van der Waals surface area contributed by atoms with E-state index in [9.17, 15) is 18.0 Å². The fourth-order valence-electron chi connectivity index (χ4n) is 3.85. The lowest BCUT2D eigenvalue weighted by molar-refractivity contribution is -0.123. The van der Waals surface area contributed by atoms with Crippen molar-refractivity contribution in [3.05, 3.63) is 23.8 Å². The van der Waals surface area contributed by atoms with Crippen LogP contribution in [0.4, 0.5) is 18.0 Å². The molecule has 1 N–H and O–H groups in total. The van der Waals surface area contributed by atoms with Crippen LogP contribution in [0, 0.1) is 11.8 Å². The topological polar surface area (TPSA) is 50.8 Å². The Kier molecular flexibility index (Phi) is 5.72. The summed E-state index contributed by atoms with van der Waals surface area (Å²) in [6.07, 6.45) is -1.62. The first-order chi connectivity index (χ1) is 12.7. The number of rotatable bonds is 4. The second-order valence-electron chi connectivity index (χ2n) is 7.42. The van der Waals surface area contributed by atoms with Crippen molar-refractivity contribution >= 4 is 6.03 Å². The smallest absolute Gasteiger partial charge is 0.405 e. The van der Waals surface area contributed by atoms with Gasteiger partial charge in [0.05, 0.1) is 0 Å². The zero-order valence-electron chi connectivity index (χ0n) is 15.5. The third-order valence-electron chi connectivity index (χ3n) is 5.55. The Hall–Kier alpha value is -2.12. The number of nitrogens with zero attached hydrogens (tertiary/aromatic N) is 1. The molecule has 0 spiro atoms. The lowest BCUT2D eigenvalue weighted by atomic mass is 9.77. The molecule has 3 atom stereocenters. The van der Waals surface area contributed by atoms with Crippen LogP contribution in [0.3, 0.4) is 0 Å². The third kappa shape index (κ3) is 4.78. The van der Waals surface area contributed by atoms with Gasteiger partial charge in [0, 0.05) is 12.6 Å². The molecule has 1 aromatic carbocycles. The van der Waals surface area contributed by atoms with Gasteiger partial charge in [-0.15, -0.1) is 0 Å². The molecule has 0 saturated heterocycles. The van der Waals surface area contributed by atoms with Crippen molar-refractivity contribution in [2.45, 2.75) is 51.9 Å². The molecular formula is C19H25F3N2O3. The van der Waals surface area contributed by atoms with Gasteiger partial charge in [-0.3, -0.25) is 0 Å². The summed E-state index contributed by atoms with van der Waals surface area (Å²) in [5.41, 5.74) is 0.798. The van der Waals surface area contributed by atoms with Crippen LogP contribution in [0.2, 0.25) is 0 Å². The second kappa shape index (κ2) is 7.86. The number of hydrogen-bond donors (Lipinski definition) is 1. The van der Waals surface area contributed by atoms with Crippen molar-refractivity contribution in [2.75, 3.05) is 13.3 Å². The molecule has 2 amide bonds. The van der Waals surface area contributed by atoms with Gasteiger partial charge < -0.3 is 19.7 Å². The van der Waals surface area contributed by atoms with E-state index in [-0.39, 0.29) is 25.3 Å². The third-order valence-corrected chi connectivity index (χ3v) is 5.55. The Labute approximate surface area is 156 Å². The van der Waals surface area contributed by atoms with Gasteiger partial charge in [0.1, 0.15) is 6.54 Å². The predicted octanol–water partition coefficient (Wildman–Crippen LogP) is 4.31. The average Bonchev–Trinajstić information content (AvgIpc) is 3.07. The summed E-state index contributed by atoms with van der Waals surface area (Å²) < 4.78 is 48.4. The number of benzene rings is 1. The van der Waals surface area contributed by atoms with Crippen LogP contribution in [-0.2, 0) is 6.54 Å². The molecule has 0 radical (unpaired) electrons. The number of fused-ring (bicyclic) bond motifs is 1. The van der Waals surface area contributed by atoms with Crippen LogP contribution in [0.25, 0.3) is 0 Å². The molecule has 2 aliphatic rings. The first-order valence-corrected chi connectivity index (χ1v) is 9.24. The molecule has 1 aromatic rings. The van der Waals surface area contributed by atoms with E-state index in [1.165, 1.54) is 0 Å². The van der Waals surface area contributed by atoms with Gasteiger partial charge in [-0.2, -0.15) is 13.2 Å². The van der Waals surface area contributed by atoms with E-state index in [0.29, 0.717) is 17.4 Å². The highest BCUT2D eigenvalue weighted by atomic mass is 19.4. The maximum Gasteiger partial charge on any atom is 0.405 e. The molecule has 1 fully saturated rings. The van der Waals surface area contributed by atoms with Gasteiger partial charge in [0.2, 0.25) is 6.79 Å². The number of hydrogen-bond acceptors (Lipinski definition) is 3. The molecule has 0 aromatic heterocycles. The Morgan fingerprint density at radius 2 is 1.96 bits per heavy atom. The highest BCUT2D eigenvalue weighted by Gasteiger charge is 2.36. The fraction of sp³-hybridized carbons (Fsp3) is 0.632. The molecule has 1 saturated carbocycles. The summed E-state index contributed by atoms with van der Waals surface area (Å²) in [7, 11) is 0. The van der Waals surface area contributed by atoms with Gasteiger partial charge >= 0.3 is 12.2 Å².